The zero-order chi connectivity index (χ0) is 6.85. The molecule has 0 N–H and O–H groups in total. The lowest BCUT2D eigenvalue weighted by Gasteiger charge is -1.94. The van der Waals surface area contributed by atoms with Gasteiger partial charge >= 0.3 is 0 Å². The molecule has 1 aromatic heterocycles. The molecule has 1 heteroatoms. The molecule has 0 aliphatic carbocycles. The lowest BCUT2D eigenvalue weighted by molar-refractivity contribution is 1.01. The van der Waals surface area contributed by atoms with Gasteiger partial charge < -0.3 is 0 Å². The van der Waals surface area contributed by atoms with Crippen LogP contribution in [0.5, 0.6) is 0 Å². The predicted octanol–water partition coefficient (Wildman–Crippen LogP) is 1.54. The molecule has 0 unspecified atom stereocenters. The number of aromatic nitrogens is 1. The van der Waals surface area contributed by atoms with Crippen LogP contribution in [0.2, 0.25) is 0 Å². The van der Waals surface area contributed by atoms with E-state index >= 15 is 0 Å². The lowest BCUT2D eigenvalue weighted by atomic mass is 10.5. The Morgan fingerprint density at radius 3 is 2.00 bits per heavy atom. The van der Waals surface area contributed by atoms with Crippen LogP contribution in [0.25, 0.3) is 0 Å². The zero-order valence-corrected chi connectivity index (χ0v) is 5.68. The van der Waals surface area contributed by atoms with Crippen molar-refractivity contribution in [3.05, 3.63) is 23.5 Å². The second-order valence-corrected chi connectivity index (χ2v) is 2.08. The van der Waals surface area contributed by atoms with E-state index in [0.717, 1.165) is 11.4 Å². The van der Waals surface area contributed by atoms with Gasteiger partial charge in [0.1, 0.15) is 0 Å². The van der Waals surface area contributed by atoms with E-state index in [9.17, 15) is 0 Å². The highest BCUT2D eigenvalue weighted by molar-refractivity contribution is 5.19. The summed E-state index contributed by atoms with van der Waals surface area (Å²) in [7, 11) is 0. The minimum Gasteiger partial charge on any atom is -0.279 e. The first-order valence-electron chi connectivity index (χ1n) is 2.87. The molecule has 1 nitrogen and oxygen atoms in total. The predicted molar refractivity (Wildman–Crippen MR) is 38.1 cm³/mol. The average molecular weight is 119 g/mol. The standard InChI is InChI=1S/C8H9N/c1-4-9-7(2)5-6-8(9)3/h1,5-6H,2-3H3. The van der Waals surface area contributed by atoms with Crippen LogP contribution in [0.1, 0.15) is 11.4 Å². The van der Waals surface area contributed by atoms with Crippen molar-refractivity contribution in [1.29, 1.82) is 0 Å². The summed E-state index contributed by atoms with van der Waals surface area (Å²) in [4.78, 5) is 0. The number of terminal acetylenes is 1. The fourth-order valence-corrected chi connectivity index (χ4v) is 0.872. The molecular formula is C8H9N. The summed E-state index contributed by atoms with van der Waals surface area (Å²) in [5.41, 5.74) is 2.24. The first-order valence-corrected chi connectivity index (χ1v) is 2.87. The fraction of sp³-hybridized carbons (Fsp3) is 0.250. The van der Waals surface area contributed by atoms with Gasteiger partial charge in [-0.15, -0.1) is 0 Å². The molecule has 0 aliphatic rings. The van der Waals surface area contributed by atoms with Gasteiger partial charge in [-0.25, -0.2) is 0 Å². The second-order valence-electron chi connectivity index (χ2n) is 2.08. The lowest BCUT2D eigenvalue weighted by Crippen LogP contribution is -1.91. The van der Waals surface area contributed by atoms with Crippen molar-refractivity contribution < 1.29 is 0 Å². The van der Waals surface area contributed by atoms with Crippen molar-refractivity contribution >= 4 is 0 Å². The van der Waals surface area contributed by atoms with Crippen LogP contribution in [-0.2, 0) is 0 Å². The molecule has 1 rings (SSSR count). The Balaban J connectivity index is 3.27. The first kappa shape index (κ1) is 5.97. The summed E-state index contributed by atoms with van der Waals surface area (Å²) in [6.07, 6.45) is 5.21. The Morgan fingerprint density at radius 1 is 1.33 bits per heavy atom. The van der Waals surface area contributed by atoms with Crippen LogP contribution in [0.3, 0.4) is 0 Å². The van der Waals surface area contributed by atoms with Crippen LogP contribution in [0.15, 0.2) is 12.1 Å². The maximum absolute atomic E-state index is 5.21. The Morgan fingerprint density at radius 2 is 1.78 bits per heavy atom. The highest BCUT2D eigenvalue weighted by atomic mass is 14.9. The van der Waals surface area contributed by atoms with Gasteiger partial charge in [0.15, 0.2) is 0 Å². The molecular weight excluding hydrogens is 110 g/mol. The van der Waals surface area contributed by atoms with Crippen molar-refractivity contribution in [3.63, 3.8) is 0 Å². The third-order valence-electron chi connectivity index (χ3n) is 1.40. The maximum atomic E-state index is 5.21. The molecule has 0 aromatic carbocycles. The van der Waals surface area contributed by atoms with Gasteiger partial charge in [-0.05, 0) is 26.0 Å². The molecule has 0 spiro atoms. The van der Waals surface area contributed by atoms with Crippen LogP contribution < -0.4 is 0 Å². The number of hydrogen-bond donors (Lipinski definition) is 0. The minimum atomic E-state index is 1.12. The highest BCUT2D eigenvalue weighted by Gasteiger charge is 1.94. The van der Waals surface area contributed by atoms with Crippen molar-refractivity contribution in [2.24, 2.45) is 0 Å². The topological polar surface area (TPSA) is 4.93 Å². The third kappa shape index (κ3) is 0.837. The normalized spacial score (nSPS) is 9.00. The molecule has 0 aliphatic heterocycles. The average Bonchev–Trinajstić information content (AvgIpc) is 2.12. The summed E-state index contributed by atoms with van der Waals surface area (Å²) in [5, 5.41) is 0. The van der Waals surface area contributed by atoms with Gasteiger partial charge in [-0.1, -0.05) is 6.42 Å². The van der Waals surface area contributed by atoms with Gasteiger partial charge in [0.05, 0.1) is 0 Å². The van der Waals surface area contributed by atoms with Crippen LogP contribution in [0, 0.1) is 26.3 Å². The summed E-state index contributed by atoms with van der Waals surface area (Å²) < 4.78 is 1.82. The third-order valence-corrected chi connectivity index (χ3v) is 1.40. The van der Waals surface area contributed by atoms with E-state index in [1.165, 1.54) is 0 Å². The Bertz CT molecular complexity index is 231. The summed E-state index contributed by atoms with van der Waals surface area (Å²) in [6.45, 7) is 3.99. The summed E-state index contributed by atoms with van der Waals surface area (Å²) >= 11 is 0. The van der Waals surface area contributed by atoms with E-state index in [0.29, 0.717) is 0 Å². The largest absolute Gasteiger partial charge is 0.279 e. The zero-order valence-electron chi connectivity index (χ0n) is 5.68. The van der Waals surface area contributed by atoms with E-state index in [4.69, 9.17) is 6.42 Å². The number of rotatable bonds is 0. The molecule has 0 radical (unpaired) electrons. The molecule has 0 saturated carbocycles. The van der Waals surface area contributed by atoms with Gasteiger partial charge in [0.25, 0.3) is 0 Å². The molecule has 0 bridgehead atoms. The maximum Gasteiger partial charge on any atom is 0.0285 e. The van der Waals surface area contributed by atoms with E-state index in [-0.39, 0.29) is 0 Å². The van der Waals surface area contributed by atoms with Gasteiger partial charge in [0, 0.05) is 17.4 Å². The van der Waals surface area contributed by atoms with Gasteiger partial charge in [0.2, 0.25) is 0 Å². The molecule has 1 heterocycles. The van der Waals surface area contributed by atoms with Crippen LogP contribution >= 0.6 is 0 Å². The second kappa shape index (κ2) is 1.99. The molecule has 1 aromatic rings. The monoisotopic (exact) mass is 119 g/mol. The molecule has 0 fully saturated rings. The van der Waals surface area contributed by atoms with E-state index in [1.54, 1.807) is 0 Å². The van der Waals surface area contributed by atoms with Gasteiger partial charge in [-0.2, -0.15) is 0 Å². The molecule has 9 heavy (non-hydrogen) atoms. The van der Waals surface area contributed by atoms with Crippen molar-refractivity contribution in [2.75, 3.05) is 0 Å². The SMILES string of the molecule is C#Cn1c(C)ccc1C. The smallest absolute Gasteiger partial charge is 0.0285 e. The van der Waals surface area contributed by atoms with Crippen LogP contribution in [-0.4, -0.2) is 4.57 Å². The van der Waals surface area contributed by atoms with E-state index < -0.39 is 0 Å². The number of nitrogens with zero attached hydrogens (tertiary/aromatic N) is 1. The Labute approximate surface area is 55.3 Å². The first-order chi connectivity index (χ1) is 4.25. The molecule has 46 valence electrons. The quantitative estimate of drug-likeness (QED) is 0.456. The Hall–Kier alpha value is -1.16. The minimum absolute atomic E-state index is 1.12. The van der Waals surface area contributed by atoms with E-state index in [2.05, 4.69) is 6.04 Å². The molecule has 0 saturated heterocycles. The van der Waals surface area contributed by atoms with Crippen molar-refractivity contribution in [2.45, 2.75) is 13.8 Å². The Kier molecular flexibility index (Phi) is 1.32. The number of aryl methyl sites for hydroxylation is 2. The van der Waals surface area contributed by atoms with Gasteiger partial charge in [-0.3, -0.25) is 4.57 Å². The van der Waals surface area contributed by atoms with Crippen LogP contribution in [0.4, 0.5) is 0 Å². The molecule has 0 atom stereocenters. The van der Waals surface area contributed by atoms with E-state index in [1.807, 2.05) is 30.5 Å². The van der Waals surface area contributed by atoms with Crippen molar-refractivity contribution in [1.82, 2.24) is 4.57 Å². The number of hydrogen-bond acceptors (Lipinski definition) is 0. The summed E-state index contributed by atoms with van der Waals surface area (Å²) in [5.74, 6) is 0. The van der Waals surface area contributed by atoms with Crippen molar-refractivity contribution in [3.8, 4) is 12.5 Å². The molecule has 0 amide bonds. The fourth-order valence-electron chi connectivity index (χ4n) is 0.872. The summed E-state index contributed by atoms with van der Waals surface area (Å²) in [6, 6.07) is 6.58. The highest BCUT2D eigenvalue weighted by Crippen LogP contribution is 2.03.